The van der Waals surface area contributed by atoms with Gasteiger partial charge in [-0.15, -0.1) is 0 Å². The molecule has 0 saturated carbocycles. The molecule has 64 valence electrons. The lowest BCUT2D eigenvalue weighted by Crippen LogP contribution is -2.04. The van der Waals surface area contributed by atoms with Crippen LogP contribution in [0.5, 0.6) is 0 Å². The van der Waals surface area contributed by atoms with Gasteiger partial charge in [0.25, 0.3) is 5.56 Å². The lowest BCUT2D eigenvalue weighted by Gasteiger charge is -1.88. The number of aromatic nitrogens is 2. The molecule has 4 heteroatoms. The lowest BCUT2D eigenvalue weighted by molar-refractivity contribution is 1.12. The van der Waals surface area contributed by atoms with Crippen LogP contribution in [0.25, 0.3) is 6.08 Å². The van der Waals surface area contributed by atoms with Crippen molar-refractivity contribution >= 4 is 22.0 Å². The van der Waals surface area contributed by atoms with Gasteiger partial charge in [0.05, 0.1) is 11.9 Å². The summed E-state index contributed by atoms with van der Waals surface area (Å²) in [7, 11) is 0. The number of hydrogen-bond acceptors (Lipinski definition) is 2. The van der Waals surface area contributed by atoms with E-state index in [1.165, 1.54) is 6.20 Å². The lowest BCUT2D eigenvalue weighted by atomic mass is 10.3. The van der Waals surface area contributed by atoms with E-state index in [4.69, 9.17) is 0 Å². The molecule has 0 saturated heterocycles. The molecule has 0 fully saturated rings. The predicted octanol–water partition coefficient (Wildman–Crippen LogP) is 1.57. The molecule has 1 N–H and O–H groups in total. The summed E-state index contributed by atoms with van der Waals surface area (Å²) in [6, 6.07) is 0. The molecule has 0 unspecified atom stereocenters. The Hall–Kier alpha value is -0.900. The van der Waals surface area contributed by atoms with E-state index in [1.54, 1.807) is 6.20 Å². The third kappa shape index (κ3) is 3.00. The van der Waals surface area contributed by atoms with Crippen LogP contribution >= 0.6 is 15.9 Å². The van der Waals surface area contributed by atoms with Gasteiger partial charge in [-0.1, -0.05) is 22.0 Å². The van der Waals surface area contributed by atoms with Gasteiger partial charge in [0.15, 0.2) is 0 Å². The van der Waals surface area contributed by atoms with Crippen LogP contribution in [-0.2, 0) is 0 Å². The highest BCUT2D eigenvalue weighted by molar-refractivity contribution is 9.09. The minimum atomic E-state index is -0.173. The fraction of sp³-hybridized carbons (Fsp3) is 0.250. The average Bonchev–Trinajstić information content (AvgIpc) is 2.09. The maximum atomic E-state index is 10.6. The quantitative estimate of drug-likeness (QED) is 0.799. The monoisotopic (exact) mass is 228 g/mol. The van der Waals surface area contributed by atoms with Crippen LogP contribution in [0.15, 0.2) is 23.3 Å². The average molecular weight is 229 g/mol. The van der Waals surface area contributed by atoms with Crippen molar-refractivity contribution in [2.45, 2.75) is 6.42 Å². The summed E-state index contributed by atoms with van der Waals surface area (Å²) in [5, 5.41) is 0.937. The Kier molecular flexibility index (Phi) is 3.73. The van der Waals surface area contributed by atoms with Gasteiger partial charge in [-0.3, -0.25) is 4.79 Å². The fourth-order valence-corrected chi connectivity index (χ4v) is 0.975. The number of rotatable bonds is 3. The summed E-state index contributed by atoms with van der Waals surface area (Å²) in [6.45, 7) is 0. The third-order valence-corrected chi connectivity index (χ3v) is 1.72. The standard InChI is InChI=1S/C8H9BrN2O/c9-4-2-1-3-7-5-11-8(12)6-10-7/h1,3,5-6H,2,4H2,(H,11,12). The van der Waals surface area contributed by atoms with Gasteiger partial charge in [0.1, 0.15) is 0 Å². The molecular formula is C8H9BrN2O. The molecule has 3 nitrogen and oxygen atoms in total. The van der Waals surface area contributed by atoms with Crippen molar-refractivity contribution < 1.29 is 0 Å². The van der Waals surface area contributed by atoms with Gasteiger partial charge in [-0.05, 0) is 12.5 Å². The van der Waals surface area contributed by atoms with E-state index in [-0.39, 0.29) is 5.56 Å². The van der Waals surface area contributed by atoms with E-state index in [0.29, 0.717) is 0 Å². The molecule has 0 aliphatic heterocycles. The minimum Gasteiger partial charge on any atom is -0.326 e. The van der Waals surface area contributed by atoms with Gasteiger partial charge in [-0.2, -0.15) is 0 Å². The van der Waals surface area contributed by atoms with Gasteiger partial charge < -0.3 is 4.98 Å². The number of H-pyrrole nitrogens is 1. The zero-order valence-corrected chi connectivity index (χ0v) is 8.04. The van der Waals surface area contributed by atoms with Crippen molar-refractivity contribution in [2.24, 2.45) is 0 Å². The minimum absolute atomic E-state index is 0.173. The first-order chi connectivity index (χ1) is 5.83. The molecule has 0 spiro atoms. The maximum Gasteiger partial charge on any atom is 0.266 e. The maximum absolute atomic E-state index is 10.6. The third-order valence-electron chi connectivity index (χ3n) is 1.26. The molecule has 12 heavy (non-hydrogen) atoms. The molecule has 0 bridgehead atoms. The number of hydrogen-bond donors (Lipinski definition) is 1. The van der Waals surface area contributed by atoms with Crippen molar-refractivity contribution in [3.63, 3.8) is 0 Å². The summed E-state index contributed by atoms with van der Waals surface area (Å²) in [5.74, 6) is 0. The molecule has 1 aromatic heterocycles. The number of allylic oxidation sites excluding steroid dienone is 1. The summed E-state index contributed by atoms with van der Waals surface area (Å²) in [4.78, 5) is 17.1. The topological polar surface area (TPSA) is 45.8 Å². The number of nitrogens with zero attached hydrogens (tertiary/aromatic N) is 1. The summed E-state index contributed by atoms with van der Waals surface area (Å²) in [6.07, 6.45) is 7.69. The Bertz CT molecular complexity index is 299. The smallest absolute Gasteiger partial charge is 0.266 e. The van der Waals surface area contributed by atoms with Crippen molar-refractivity contribution in [2.75, 3.05) is 5.33 Å². The molecule has 1 rings (SSSR count). The van der Waals surface area contributed by atoms with Crippen molar-refractivity contribution in [3.8, 4) is 0 Å². The SMILES string of the molecule is O=c1cnc(C=CCCBr)c[nH]1. The number of aromatic amines is 1. The Labute approximate surface area is 78.7 Å². The van der Waals surface area contributed by atoms with Crippen LogP contribution < -0.4 is 5.56 Å². The first-order valence-electron chi connectivity index (χ1n) is 3.60. The first kappa shape index (κ1) is 9.19. The molecule has 0 aliphatic carbocycles. The van der Waals surface area contributed by atoms with Crippen LogP contribution in [0.2, 0.25) is 0 Å². The van der Waals surface area contributed by atoms with Gasteiger partial charge >= 0.3 is 0 Å². The zero-order valence-electron chi connectivity index (χ0n) is 6.46. The zero-order chi connectivity index (χ0) is 8.81. The summed E-state index contributed by atoms with van der Waals surface area (Å²) < 4.78 is 0. The van der Waals surface area contributed by atoms with E-state index in [2.05, 4.69) is 25.9 Å². The van der Waals surface area contributed by atoms with Crippen molar-refractivity contribution in [1.29, 1.82) is 0 Å². The van der Waals surface area contributed by atoms with Crippen LogP contribution in [0.4, 0.5) is 0 Å². The molecule has 1 heterocycles. The first-order valence-corrected chi connectivity index (χ1v) is 4.72. The highest BCUT2D eigenvalue weighted by Crippen LogP contribution is 1.95. The normalized spacial score (nSPS) is 10.8. The molecule has 0 radical (unpaired) electrons. The van der Waals surface area contributed by atoms with E-state index in [9.17, 15) is 4.79 Å². The second-order valence-corrected chi connectivity index (χ2v) is 3.01. The Balaban J connectivity index is 2.64. The van der Waals surface area contributed by atoms with E-state index >= 15 is 0 Å². The second-order valence-electron chi connectivity index (χ2n) is 2.22. The molecule has 0 atom stereocenters. The Morgan fingerprint density at radius 1 is 1.67 bits per heavy atom. The fourth-order valence-electron chi connectivity index (χ4n) is 0.711. The summed E-state index contributed by atoms with van der Waals surface area (Å²) >= 11 is 3.31. The Morgan fingerprint density at radius 2 is 2.50 bits per heavy atom. The molecule has 0 aliphatic rings. The van der Waals surface area contributed by atoms with Crippen molar-refractivity contribution in [3.05, 3.63) is 34.5 Å². The predicted molar refractivity (Wildman–Crippen MR) is 52.3 cm³/mol. The number of halogens is 1. The molecule has 1 aromatic rings. The molecule has 0 amide bonds. The summed E-state index contributed by atoms with van der Waals surface area (Å²) in [5.41, 5.74) is 0.600. The van der Waals surface area contributed by atoms with Crippen LogP contribution in [-0.4, -0.2) is 15.3 Å². The molecular weight excluding hydrogens is 220 g/mol. The van der Waals surface area contributed by atoms with E-state index < -0.39 is 0 Å². The van der Waals surface area contributed by atoms with E-state index in [0.717, 1.165) is 17.4 Å². The van der Waals surface area contributed by atoms with Gasteiger partial charge in [0.2, 0.25) is 0 Å². The van der Waals surface area contributed by atoms with Gasteiger partial charge in [-0.25, -0.2) is 4.98 Å². The molecule has 0 aromatic carbocycles. The highest BCUT2D eigenvalue weighted by atomic mass is 79.9. The second kappa shape index (κ2) is 4.87. The highest BCUT2D eigenvalue weighted by Gasteiger charge is 1.86. The number of alkyl halides is 1. The Morgan fingerprint density at radius 3 is 3.08 bits per heavy atom. The van der Waals surface area contributed by atoms with Crippen molar-refractivity contribution in [1.82, 2.24) is 9.97 Å². The van der Waals surface area contributed by atoms with Crippen LogP contribution in [0.1, 0.15) is 12.1 Å². The largest absolute Gasteiger partial charge is 0.326 e. The van der Waals surface area contributed by atoms with E-state index in [1.807, 2.05) is 12.2 Å². The van der Waals surface area contributed by atoms with Crippen LogP contribution in [0.3, 0.4) is 0 Å². The number of nitrogens with one attached hydrogen (secondary N) is 1. The van der Waals surface area contributed by atoms with Gasteiger partial charge in [0, 0.05) is 11.5 Å². The van der Waals surface area contributed by atoms with Crippen LogP contribution in [0, 0.1) is 0 Å².